The number of para-hydroxylation sites is 1. The third-order valence-corrected chi connectivity index (χ3v) is 4.68. The largest absolute Gasteiger partial charge is 0.467 e. The number of benzene rings is 2. The van der Waals surface area contributed by atoms with E-state index in [9.17, 15) is 9.59 Å². The van der Waals surface area contributed by atoms with Crippen molar-refractivity contribution in [2.45, 2.75) is 12.5 Å². The van der Waals surface area contributed by atoms with Crippen LogP contribution in [-0.2, 0) is 16.0 Å². The molecule has 0 saturated heterocycles. The minimum Gasteiger partial charge on any atom is -0.467 e. The van der Waals surface area contributed by atoms with Crippen molar-refractivity contribution in [2.75, 3.05) is 7.11 Å². The topological polar surface area (TPSA) is 68.3 Å². The number of rotatable bonds is 5. The normalized spacial score (nSPS) is 11.8. The summed E-state index contributed by atoms with van der Waals surface area (Å²) in [7, 11) is 1.32. The van der Waals surface area contributed by atoms with E-state index in [-0.39, 0.29) is 5.91 Å². The van der Waals surface area contributed by atoms with Crippen LogP contribution in [0.4, 0.5) is 0 Å². The van der Waals surface area contributed by atoms with E-state index in [4.69, 9.17) is 4.74 Å². The number of nitrogens with zero attached hydrogens (tertiary/aromatic N) is 1. The van der Waals surface area contributed by atoms with E-state index in [0.717, 1.165) is 20.0 Å². The first-order valence-corrected chi connectivity index (χ1v) is 9.13. The van der Waals surface area contributed by atoms with E-state index in [2.05, 4.69) is 32.9 Å². The van der Waals surface area contributed by atoms with Crippen LogP contribution in [0.3, 0.4) is 0 Å². The number of esters is 1. The molecule has 0 bridgehead atoms. The Bertz CT molecular complexity index is 953. The molecule has 5 nitrogen and oxygen atoms in total. The Morgan fingerprint density at radius 2 is 1.96 bits per heavy atom. The number of hydrogen-bond donors (Lipinski definition) is 1. The molecule has 0 aliphatic carbocycles. The number of aromatic nitrogens is 1. The summed E-state index contributed by atoms with van der Waals surface area (Å²) in [6.45, 7) is 0. The maximum atomic E-state index is 12.8. The van der Waals surface area contributed by atoms with Crippen LogP contribution in [0.15, 0.2) is 60.8 Å². The Morgan fingerprint density at radius 1 is 1.15 bits per heavy atom. The molecule has 0 saturated carbocycles. The molecule has 1 atom stereocenters. The lowest BCUT2D eigenvalue weighted by Gasteiger charge is -2.17. The standard InChI is InChI=1S/C20H17IN2O3/c1-26-20(25)18(12-13-5-4-6-14(21)11-13)23-19(24)16-9-10-22-17-8-3-2-7-15(16)17/h2-11,18H,12H2,1H3,(H,23,24)/t18-/m0/s1. The quantitative estimate of drug-likeness (QED) is 0.469. The van der Waals surface area contributed by atoms with Gasteiger partial charge in [0, 0.05) is 21.6 Å². The van der Waals surface area contributed by atoms with Gasteiger partial charge in [-0.3, -0.25) is 9.78 Å². The highest BCUT2D eigenvalue weighted by Crippen LogP contribution is 2.17. The van der Waals surface area contributed by atoms with Gasteiger partial charge in [-0.15, -0.1) is 0 Å². The van der Waals surface area contributed by atoms with Gasteiger partial charge in [0.05, 0.1) is 18.2 Å². The fourth-order valence-electron chi connectivity index (χ4n) is 2.77. The Kier molecular flexibility index (Phi) is 5.82. The number of nitrogens with one attached hydrogen (secondary N) is 1. The fourth-order valence-corrected chi connectivity index (χ4v) is 3.37. The highest BCUT2D eigenvalue weighted by atomic mass is 127. The summed E-state index contributed by atoms with van der Waals surface area (Å²) in [4.78, 5) is 29.2. The number of pyridine rings is 1. The zero-order chi connectivity index (χ0) is 18.5. The molecule has 0 radical (unpaired) electrons. The molecule has 2 aromatic carbocycles. The van der Waals surface area contributed by atoms with E-state index < -0.39 is 12.0 Å². The Balaban J connectivity index is 1.86. The second-order valence-electron chi connectivity index (χ2n) is 5.76. The lowest BCUT2D eigenvalue weighted by molar-refractivity contribution is -0.142. The zero-order valence-electron chi connectivity index (χ0n) is 14.1. The molecule has 0 fully saturated rings. The van der Waals surface area contributed by atoms with E-state index in [1.165, 1.54) is 7.11 Å². The second-order valence-corrected chi connectivity index (χ2v) is 7.00. The molecule has 0 spiro atoms. The second kappa shape index (κ2) is 8.27. The van der Waals surface area contributed by atoms with Crippen LogP contribution in [-0.4, -0.2) is 30.0 Å². The van der Waals surface area contributed by atoms with Gasteiger partial charge in [-0.25, -0.2) is 4.79 Å². The van der Waals surface area contributed by atoms with Crippen molar-refractivity contribution in [2.24, 2.45) is 0 Å². The summed E-state index contributed by atoms with van der Waals surface area (Å²) in [6.07, 6.45) is 1.95. The summed E-state index contributed by atoms with van der Waals surface area (Å²) in [5.41, 5.74) is 2.16. The molecule has 26 heavy (non-hydrogen) atoms. The summed E-state index contributed by atoms with van der Waals surface area (Å²) in [5, 5.41) is 3.54. The highest BCUT2D eigenvalue weighted by molar-refractivity contribution is 14.1. The number of ether oxygens (including phenoxy) is 1. The van der Waals surface area contributed by atoms with Gasteiger partial charge < -0.3 is 10.1 Å². The van der Waals surface area contributed by atoms with E-state index in [0.29, 0.717) is 12.0 Å². The maximum absolute atomic E-state index is 12.8. The molecular weight excluding hydrogens is 443 g/mol. The molecule has 3 aromatic rings. The van der Waals surface area contributed by atoms with Crippen LogP contribution in [0, 0.1) is 3.57 Å². The molecule has 1 amide bonds. The molecule has 0 aliphatic rings. The van der Waals surface area contributed by atoms with E-state index in [1.807, 2.05) is 48.5 Å². The van der Waals surface area contributed by atoms with Crippen LogP contribution in [0.25, 0.3) is 10.9 Å². The van der Waals surface area contributed by atoms with E-state index in [1.54, 1.807) is 12.3 Å². The summed E-state index contributed by atoms with van der Waals surface area (Å²) < 4.78 is 5.94. The molecule has 3 rings (SSSR count). The van der Waals surface area contributed by atoms with Crippen molar-refractivity contribution < 1.29 is 14.3 Å². The van der Waals surface area contributed by atoms with Crippen LogP contribution < -0.4 is 5.32 Å². The first kappa shape index (κ1) is 18.3. The minimum atomic E-state index is -0.766. The first-order chi connectivity index (χ1) is 12.6. The summed E-state index contributed by atoms with van der Waals surface area (Å²) in [5.74, 6) is -0.805. The van der Waals surface area contributed by atoms with E-state index >= 15 is 0 Å². The Morgan fingerprint density at radius 3 is 2.73 bits per heavy atom. The zero-order valence-corrected chi connectivity index (χ0v) is 16.3. The molecule has 0 unspecified atom stereocenters. The third-order valence-electron chi connectivity index (χ3n) is 4.01. The van der Waals surface area contributed by atoms with Gasteiger partial charge in [-0.1, -0.05) is 30.3 Å². The van der Waals surface area contributed by atoms with Gasteiger partial charge in [-0.05, 0) is 52.4 Å². The average Bonchev–Trinajstić information content (AvgIpc) is 2.66. The van der Waals surface area contributed by atoms with Crippen LogP contribution >= 0.6 is 22.6 Å². The molecule has 1 N–H and O–H groups in total. The van der Waals surface area contributed by atoms with Gasteiger partial charge in [0.15, 0.2) is 0 Å². The smallest absolute Gasteiger partial charge is 0.328 e. The highest BCUT2D eigenvalue weighted by Gasteiger charge is 2.23. The molecule has 6 heteroatoms. The van der Waals surface area contributed by atoms with Crippen molar-refractivity contribution in [1.29, 1.82) is 0 Å². The lowest BCUT2D eigenvalue weighted by atomic mass is 10.0. The molecule has 1 heterocycles. The predicted octanol–water partition coefficient (Wildman–Crippen LogP) is 3.35. The van der Waals surface area contributed by atoms with Crippen molar-refractivity contribution in [1.82, 2.24) is 10.3 Å². The number of fused-ring (bicyclic) bond motifs is 1. The third kappa shape index (κ3) is 4.19. The van der Waals surface area contributed by atoms with Crippen LogP contribution in [0.1, 0.15) is 15.9 Å². The van der Waals surface area contributed by atoms with Crippen molar-refractivity contribution in [3.05, 3.63) is 75.5 Å². The lowest BCUT2D eigenvalue weighted by Crippen LogP contribution is -2.43. The van der Waals surface area contributed by atoms with Gasteiger partial charge in [-0.2, -0.15) is 0 Å². The molecular formula is C20H17IN2O3. The SMILES string of the molecule is COC(=O)[C@H](Cc1cccc(I)c1)NC(=O)c1ccnc2ccccc12. The average molecular weight is 460 g/mol. The Labute approximate surface area is 164 Å². The number of carbonyl (C=O) groups is 2. The predicted molar refractivity (Wildman–Crippen MR) is 108 cm³/mol. The van der Waals surface area contributed by atoms with Gasteiger partial charge in [0.2, 0.25) is 0 Å². The molecule has 132 valence electrons. The number of hydrogen-bond acceptors (Lipinski definition) is 4. The van der Waals surface area contributed by atoms with Crippen molar-refractivity contribution in [3.63, 3.8) is 0 Å². The van der Waals surface area contributed by atoms with Gasteiger partial charge in [0.1, 0.15) is 6.04 Å². The first-order valence-electron chi connectivity index (χ1n) is 8.05. The number of carbonyl (C=O) groups excluding carboxylic acids is 2. The maximum Gasteiger partial charge on any atom is 0.328 e. The van der Waals surface area contributed by atoms with Gasteiger partial charge in [0.25, 0.3) is 5.91 Å². The van der Waals surface area contributed by atoms with Crippen molar-refractivity contribution in [3.8, 4) is 0 Å². The monoisotopic (exact) mass is 460 g/mol. The molecule has 1 aromatic heterocycles. The minimum absolute atomic E-state index is 0.329. The van der Waals surface area contributed by atoms with Crippen LogP contribution in [0.2, 0.25) is 0 Å². The number of methoxy groups -OCH3 is 1. The van der Waals surface area contributed by atoms with Gasteiger partial charge >= 0.3 is 5.97 Å². The fraction of sp³-hybridized carbons (Fsp3) is 0.150. The number of amides is 1. The van der Waals surface area contributed by atoms with Crippen LogP contribution in [0.5, 0.6) is 0 Å². The molecule has 0 aliphatic heterocycles. The Hall–Kier alpha value is -2.48. The summed E-state index contributed by atoms with van der Waals surface area (Å²) >= 11 is 2.21. The summed E-state index contributed by atoms with van der Waals surface area (Å²) in [6, 6.07) is 16.1. The van der Waals surface area contributed by atoms with Crippen molar-refractivity contribution >= 4 is 45.4 Å². The number of halogens is 1.